The van der Waals surface area contributed by atoms with Gasteiger partial charge >= 0.3 is 12.4 Å². The van der Waals surface area contributed by atoms with Gasteiger partial charge in [0.2, 0.25) is 0 Å². The number of rotatable bonds is 2. The molecule has 1 fully saturated rings. The van der Waals surface area contributed by atoms with Gasteiger partial charge in [0, 0.05) is 0 Å². The summed E-state index contributed by atoms with van der Waals surface area (Å²) in [5, 5.41) is 0. The molecule has 0 radical (unpaired) electrons. The van der Waals surface area contributed by atoms with Crippen LogP contribution in [-0.4, -0.2) is 12.4 Å². The predicted molar refractivity (Wildman–Crippen MR) is 42.2 cm³/mol. The number of halogens is 6. The van der Waals surface area contributed by atoms with Crippen LogP contribution in [0.5, 0.6) is 0 Å². The van der Waals surface area contributed by atoms with Crippen LogP contribution in [0.2, 0.25) is 0 Å². The van der Waals surface area contributed by atoms with Crippen LogP contribution in [0.25, 0.3) is 0 Å². The molecule has 0 aromatic rings. The van der Waals surface area contributed by atoms with Crippen molar-refractivity contribution in [1.82, 2.24) is 0 Å². The summed E-state index contributed by atoms with van der Waals surface area (Å²) in [5.74, 6) is 0. The van der Waals surface area contributed by atoms with Crippen molar-refractivity contribution in [3.8, 4) is 0 Å². The number of hydrogen-bond acceptors (Lipinski definition) is 0. The second kappa shape index (κ2) is 3.04. The van der Waals surface area contributed by atoms with E-state index < -0.39 is 29.6 Å². The van der Waals surface area contributed by atoms with E-state index in [0.29, 0.717) is 0 Å². The molecule has 0 atom stereocenters. The van der Waals surface area contributed by atoms with Crippen molar-refractivity contribution in [2.75, 3.05) is 0 Å². The second-order valence-electron chi connectivity index (χ2n) is 4.07. The molecule has 0 aliphatic heterocycles. The van der Waals surface area contributed by atoms with Gasteiger partial charge in [-0.15, -0.1) is 0 Å². The topological polar surface area (TPSA) is 0 Å². The van der Waals surface area contributed by atoms with Gasteiger partial charge < -0.3 is 0 Å². The quantitative estimate of drug-likeness (QED) is 0.624. The van der Waals surface area contributed by atoms with Gasteiger partial charge in [-0.3, -0.25) is 0 Å². The maximum Gasteiger partial charge on any atom is 0.403 e. The maximum atomic E-state index is 12.5. The van der Waals surface area contributed by atoms with Gasteiger partial charge in [0.05, 0.1) is 0 Å². The molecule has 1 aliphatic carbocycles. The molecule has 1 rings (SSSR count). The van der Waals surface area contributed by atoms with E-state index in [1.807, 2.05) is 0 Å². The van der Waals surface area contributed by atoms with Gasteiger partial charge in [0.15, 0.2) is 5.41 Å². The van der Waals surface area contributed by atoms with Gasteiger partial charge in [0.1, 0.15) is 0 Å². The molecule has 6 heteroatoms. The molecule has 1 saturated carbocycles. The molecule has 0 heterocycles. The third kappa shape index (κ3) is 1.36. The van der Waals surface area contributed by atoms with Crippen molar-refractivity contribution in [1.29, 1.82) is 0 Å². The standard InChI is InChI=1S/C9H12F6/c1-3-6(4-2)5-7(6,8(10,11)12)9(13,14)15/h3-5H2,1-2H3. The number of alkyl halides is 6. The summed E-state index contributed by atoms with van der Waals surface area (Å²) in [7, 11) is 0. The third-order valence-electron chi connectivity index (χ3n) is 3.71. The van der Waals surface area contributed by atoms with E-state index in [9.17, 15) is 26.3 Å². The SMILES string of the molecule is CCC1(CC)CC1(C(F)(F)F)C(F)(F)F. The molecule has 0 amide bonds. The summed E-state index contributed by atoms with van der Waals surface area (Å²) < 4.78 is 75.2. The Morgan fingerprint density at radius 1 is 0.867 bits per heavy atom. The Labute approximate surface area is 83.6 Å². The highest BCUT2D eigenvalue weighted by molar-refractivity contribution is 5.20. The average Bonchev–Trinajstić information content (AvgIpc) is 2.73. The predicted octanol–water partition coefficient (Wildman–Crippen LogP) is 4.31. The lowest BCUT2D eigenvalue weighted by Crippen LogP contribution is -2.43. The zero-order valence-electron chi connectivity index (χ0n) is 8.39. The Bertz CT molecular complexity index is 230. The van der Waals surface area contributed by atoms with Gasteiger partial charge in [-0.2, -0.15) is 26.3 Å². The molecule has 0 N–H and O–H groups in total. The molecular formula is C9H12F6. The van der Waals surface area contributed by atoms with Gasteiger partial charge in [-0.05, 0) is 24.7 Å². The van der Waals surface area contributed by atoms with Crippen LogP contribution >= 0.6 is 0 Å². The Morgan fingerprint density at radius 3 is 1.27 bits per heavy atom. The van der Waals surface area contributed by atoms with E-state index in [1.165, 1.54) is 13.8 Å². The first-order valence-electron chi connectivity index (χ1n) is 4.71. The Kier molecular flexibility index (Phi) is 2.57. The maximum absolute atomic E-state index is 12.5. The van der Waals surface area contributed by atoms with E-state index in [0.717, 1.165) is 0 Å². The van der Waals surface area contributed by atoms with Crippen molar-refractivity contribution >= 4 is 0 Å². The van der Waals surface area contributed by atoms with Crippen molar-refractivity contribution in [3.63, 3.8) is 0 Å². The normalized spacial score (nSPS) is 24.0. The van der Waals surface area contributed by atoms with Crippen LogP contribution in [0, 0.1) is 10.8 Å². The lowest BCUT2D eigenvalue weighted by Gasteiger charge is -2.28. The van der Waals surface area contributed by atoms with Crippen LogP contribution in [-0.2, 0) is 0 Å². The molecule has 0 saturated heterocycles. The molecule has 1 aliphatic rings. The minimum absolute atomic E-state index is 0.0947. The second-order valence-corrected chi connectivity index (χ2v) is 4.07. The largest absolute Gasteiger partial charge is 0.403 e. The Balaban J connectivity index is 3.17. The van der Waals surface area contributed by atoms with Crippen LogP contribution in [0.1, 0.15) is 33.1 Å². The minimum Gasteiger partial charge on any atom is -0.170 e. The third-order valence-corrected chi connectivity index (χ3v) is 3.71. The summed E-state index contributed by atoms with van der Waals surface area (Å²) in [4.78, 5) is 0. The molecule has 0 nitrogen and oxygen atoms in total. The van der Waals surface area contributed by atoms with E-state index in [-0.39, 0.29) is 12.8 Å². The summed E-state index contributed by atoms with van der Waals surface area (Å²) in [5.41, 5.74) is -5.10. The number of hydrogen-bond donors (Lipinski definition) is 0. The van der Waals surface area contributed by atoms with E-state index in [1.54, 1.807) is 0 Å². The lowest BCUT2D eigenvalue weighted by atomic mass is 9.87. The highest BCUT2D eigenvalue weighted by Crippen LogP contribution is 2.79. The smallest absolute Gasteiger partial charge is 0.170 e. The average molecular weight is 234 g/mol. The zero-order valence-corrected chi connectivity index (χ0v) is 8.39. The molecule has 0 aromatic carbocycles. The monoisotopic (exact) mass is 234 g/mol. The van der Waals surface area contributed by atoms with Crippen molar-refractivity contribution in [2.24, 2.45) is 10.8 Å². The van der Waals surface area contributed by atoms with Gasteiger partial charge in [-0.25, -0.2) is 0 Å². The molecule has 90 valence electrons. The van der Waals surface area contributed by atoms with Crippen LogP contribution in [0.3, 0.4) is 0 Å². The van der Waals surface area contributed by atoms with E-state index >= 15 is 0 Å². The van der Waals surface area contributed by atoms with E-state index in [2.05, 4.69) is 0 Å². The molecule has 0 spiro atoms. The lowest BCUT2D eigenvalue weighted by molar-refractivity contribution is -0.313. The summed E-state index contributed by atoms with van der Waals surface area (Å²) in [6.07, 6.45) is -11.4. The summed E-state index contributed by atoms with van der Waals surface area (Å²) in [6, 6.07) is 0. The first kappa shape index (κ1) is 12.6. The van der Waals surface area contributed by atoms with Gasteiger partial charge in [0.25, 0.3) is 0 Å². The van der Waals surface area contributed by atoms with Crippen molar-refractivity contribution < 1.29 is 26.3 Å². The fourth-order valence-corrected chi connectivity index (χ4v) is 2.53. The minimum atomic E-state index is -5.20. The fraction of sp³-hybridized carbons (Fsp3) is 1.00. The fourth-order valence-electron chi connectivity index (χ4n) is 2.53. The Morgan fingerprint density at radius 2 is 1.20 bits per heavy atom. The zero-order chi connectivity index (χ0) is 12.1. The summed E-state index contributed by atoms with van der Waals surface area (Å²) >= 11 is 0. The first-order chi connectivity index (χ1) is 6.58. The van der Waals surface area contributed by atoms with Crippen LogP contribution < -0.4 is 0 Å². The molecular weight excluding hydrogens is 222 g/mol. The molecule has 0 aromatic heterocycles. The Hall–Kier alpha value is -0.420. The first-order valence-corrected chi connectivity index (χ1v) is 4.71. The van der Waals surface area contributed by atoms with Crippen molar-refractivity contribution in [2.45, 2.75) is 45.5 Å². The molecule has 15 heavy (non-hydrogen) atoms. The van der Waals surface area contributed by atoms with Crippen LogP contribution in [0.15, 0.2) is 0 Å². The molecule has 0 bridgehead atoms. The van der Waals surface area contributed by atoms with Gasteiger partial charge in [-0.1, -0.05) is 13.8 Å². The highest BCUT2D eigenvalue weighted by Gasteiger charge is 2.88. The van der Waals surface area contributed by atoms with E-state index in [4.69, 9.17) is 0 Å². The van der Waals surface area contributed by atoms with Crippen molar-refractivity contribution in [3.05, 3.63) is 0 Å². The molecule has 0 unspecified atom stereocenters. The summed E-state index contributed by atoms with van der Waals surface area (Å²) in [6.45, 7) is 2.76. The highest BCUT2D eigenvalue weighted by atomic mass is 19.4. The van der Waals surface area contributed by atoms with Crippen LogP contribution in [0.4, 0.5) is 26.3 Å².